The van der Waals surface area contributed by atoms with Crippen LogP contribution in [-0.4, -0.2) is 36.1 Å². The Kier molecular flexibility index (Phi) is 5.16. The van der Waals surface area contributed by atoms with Gasteiger partial charge in [-0.2, -0.15) is 0 Å². The molecule has 0 heterocycles. The van der Waals surface area contributed by atoms with Crippen molar-refractivity contribution in [2.24, 2.45) is 5.92 Å². The zero-order valence-corrected chi connectivity index (χ0v) is 10.8. The molecule has 0 aliphatic heterocycles. The Morgan fingerprint density at radius 1 is 1.24 bits per heavy atom. The molecule has 0 radical (unpaired) electrons. The fourth-order valence-electron chi connectivity index (χ4n) is 2.02. The summed E-state index contributed by atoms with van der Waals surface area (Å²) in [5.74, 6) is -0.656. The van der Waals surface area contributed by atoms with Gasteiger partial charge in [0.1, 0.15) is 0 Å². The molecule has 1 rings (SSSR count). The molecule has 1 aromatic rings. The second-order valence-electron chi connectivity index (χ2n) is 4.92. The smallest absolute Gasteiger partial charge is 0.312 e. The third-order valence-corrected chi connectivity index (χ3v) is 2.67. The standard InChI is InChI=1S/C14H21NO2/c1-11(2)9-15(3)10-13(14(16)17)12-7-5-4-6-8-12/h4-8,11,13H,9-10H2,1-3H3,(H,16,17). The fraction of sp³-hybridized carbons (Fsp3) is 0.500. The van der Waals surface area contributed by atoms with E-state index in [4.69, 9.17) is 0 Å². The number of hydrogen-bond acceptors (Lipinski definition) is 2. The van der Waals surface area contributed by atoms with E-state index in [1.807, 2.05) is 37.4 Å². The van der Waals surface area contributed by atoms with Gasteiger partial charge in [-0.25, -0.2) is 0 Å². The largest absolute Gasteiger partial charge is 0.481 e. The van der Waals surface area contributed by atoms with Crippen molar-refractivity contribution in [1.29, 1.82) is 0 Å². The third-order valence-electron chi connectivity index (χ3n) is 2.67. The van der Waals surface area contributed by atoms with E-state index >= 15 is 0 Å². The lowest BCUT2D eigenvalue weighted by molar-refractivity contribution is -0.139. The minimum Gasteiger partial charge on any atom is -0.481 e. The number of benzene rings is 1. The van der Waals surface area contributed by atoms with Gasteiger partial charge in [0.2, 0.25) is 0 Å². The number of carboxylic acids is 1. The van der Waals surface area contributed by atoms with Gasteiger partial charge in [0.25, 0.3) is 0 Å². The number of likely N-dealkylation sites (N-methyl/N-ethyl adjacent to an activating group) is 1. The van der Waals surface area contributed by atoms with Crippen LogP contribution in [0.3, 0.4) is 0 Å². The second kappa shape index (κ2) is 6.40. The van der Waals surface area contributed by atoms with Gasteiger partial charge in [0.15, 0.2) is 0 Å². The minimum absolute atomic E-state index is 0.444. The molecular weight excluding hydrogens is 214 g/mol. The predicted octanol–water partition coefficient (Wildman–Crippen LogP) is 2.44. The molecule has 1 N–H and O–H groups in total. The first kappa shape index (κ1) is 13.7. The van der Waals surface area contributed by atoms with Crippen LogP contribution in [0.25, 0.3) is 0 Å². The average molecular weight is 235 g/mol. The monoisotopic (exact) mass is 235 g/mol. The molecule has 0 bridgehead atoms. The normalized spacial score (nSPS) is 13.0. The molecule has 0 aliphatic rings. The number of hydrogen-bond donors (Lipinski definition) is 1. The van der Waals surface area contributed by atoms with E-state index in [1.54, 1.807) is 0 Å². The summed E-state index contributed by atoms with van der Waals surface area (Å²) in [5, 5.41) is 9.28. The Morgan fingerprint density at radius 3 is 2.29 bits per heavy atom. The first-order chi connectivity index (χ1) is 8.00. The molecule has 17 heavy (non-hydrogen) atoms. The summed E-state index contributed by atoms with van der Waals surface area (Å²) in [4.78, 5) is 13.4. The number of carboxylic acid groups (broad SMARTS) is 1. The maximum absolute atomic E-state index is 11.3. The van der Waals surface area contributed by atoms with Gasteiger partial charge in [-0.05, 0) is 18.5 Å². The summed E-state index contributed by atoms with van der Waals surface area (Å²) in [5.41, 5.74) is 0.871. The van der Waals surface area contributed by atoms with Gasteiger partial charge in [-0.15, -0.1) is 0 Å². The number of rotatable bonds is 6. The van der Waals surface area contributed by atoms with Crippen molar-refractivity contribution in [2.45, 2.75) is 19.8 Å². The van der Waals surface area contributed by atoms with Gasteiger partial charge >= 0.3 is 5.97 Å². The molecule has 0 spiro atoms. The topological polar surface area (TPSA) is 40.5 Å². The van der Waals surface area contributed by atoms with E-state index in [0.29, 0.717) is 12.5 Å². The van der Waals surface area contributed by atoms with E-state index in [1.165, 1.54) is 0 Å². The maximum Gasteiger partial charge on any atom is 0.312 e. The molecule has 0 fully saturated rings. The van der Waals surface area contributed by atoms with Crippen LogP contribution in [0.2, 0.25) is 0 Å². The van der Waals surface area contributed by atoms with Gasteiger partial charge in [0, 0.05) is 13.1 Å². The quantitative estimate of drug-likeness (QED) is 0.823. The van der Waals surface area contributed by atoms with Crippen LogP contribution in [0.4, 0.5) is 0 Å². The van der Waals surface area contributed by atoms with Crippen molar-refractivity contribution in [3.05, 3.63) is 35.9 Å². The van der Waals surface area contributed by atoms with Crippen LogP contribution in [-0.2, 0) is 4.79 Å². The Labute approximate surface area is 103 Å². The zero-order valence-electron chi connectivity index (χ0n) is 10.8. The third kappa shape index (κ3) is 4.57. The Balaban J connectivity index is 2.71. The van der Waals surface area contributed by atoms with Crippen LogP contribution in [0.5, 0.6) is 0 Å². The minimum atomic E-state index is -0.758. The van der Waals surface area contributed by atoms with E-state index in [2.05, 4.69) is 18.7 Å². The molecule has 0 saturated heterocycles. The highest BCUT2D eigenvalue weighted by molar-refractivity contribution is 5.76. The summed E-state index contributed by atoms with van der Waals surface area (Å²) in [6, 6.07) is 9.42. The molecule has 1 unspecified atom stereocenters. The summed E-state index contributed by atoms with van der Waals surface area (Å²) in [7, 11) is 1.97. The van der Waals surface area contributed by atoms with Crippen molar-refractivity contribution in [3.8, 4) is 0 Å². The highest BCUT2D eigenvalue weighted by atomic mass is 16.4. The van der Waals surface area contributed by atoms with Crippen molar-refractivity contribution in [2.75, 3.05) is 20.1 Å². The van der Waals surface area contributed by atoms with E-state index < -0.39 is 11.9 Å². The first-order valence-corrected chi connectivity index (χ1v) is 5.97. The van der Waals surface area contributed by atoms with E-state index in [9.17, 15) is 9.90 Å². The molecule has 94 valence electrons. The van der Waals surface area contributed by atoms with Crippen molar-refractivity contribution in [1.82, 2.24) is 4.90 Å². The van der Waals surface area contributed by atoms with Crippen LogP contribution in [0.15, 0.2) is 30.3 Å². The summed E-state index contributed by atoms with van der Waals surface area (Å²) in [6.07, 6.45) is 0. The lowest BCUT2D eigenvalue weighted by Gasteiger charge is -2.23. The molecule has 0 amide bonds. The molecule has 1 aromatic carbocycles. The average Bonchev–Trinajstić information content (AvgIpc) is 2.25. The van der Waals surface area contributed by atoms with Gasteiger partial charge in [-0.1, -0.05) is 44.2 Å². The molecule has 3 nitrogen and oxygen atoms in total. The maximum atomic E-state index is 11.3. The molecule has 0 aliphatic carbocycles. The lowest BCUT2D eigenvalue weighted by atomic mass is 9.98. The van der Waals surface area contributed by atoms with Crippen LogP contribution < -0.4 is 0 Å². The number of nitrogens with zero attached hydrogens (tertiary/aromatic N) is 1. The Hall–Kier alpha value is -1.35. The molecule has 0 aromatic heterocycles. The van der Waals surface area contributed by atoms with E-state index in [-0.39, 0.29) is 0 Å². The Bertz CT molecular complexity index is 348. The van der Waals surface area contributed by atoms with Gasteiger partial charge in [-0.3, -0.25) is 4.79 Å². The molecule has 0 saturated carbocycles. The lowest BCUT2D eigenvalue weighted by Crippen LogP contribution is -2.31. The van der Waals surface area contributed by atoms with Crippen LogP contribution in [0, 0.1) is 5.92 Å². The summed E-state index contributed by atoms with van der Waals surface area (Å²) < 4.78 is 0. The predicted molar refractivity (Wildman–Crippen MR) is 69.2 cm³/mol. The first-order valence-electron chi connectivity index (χ1n) is 5.97. The van der Waals surface area contributed by atoms with Crippen molar-refractivity contribution < 1.29 is 9.90 Å². The highest BCUT2D eigenvalue weighted by Crippen LogP contribution is 2.17. The van der Waals surface area contributed by atoms with E-state index in [0.717, 1.165) is 12.1 Å². The van der Waals surface area contributed by atoms with Crippen molar-refractivity contribution in [3.63, 3.8) is 0 Å². The Morgan fingerprint density at radius 2 is 1.82 bits per heavy atom. The SMILES string of the molecule is CC(C)CN(C)CC(C(=O)O)c1ccccc1. The molecule has 3 heteroatoms. The molecular formula is C14H21NO2. The molecule has 1 atom stereocenters. The second-order valence-corrected chi connectivity index (χ2v) is 4.92. The number of carbonyl (C=O) groups is 1. The summed E-state index contributed by atoms with van der Waals surface area (Å²) >= 11 is 0. The number of aliphatic carboxylic acids is 1. The highest BCUT2D eigenvalue weighted by Gasteiger charge is 2.21. The van der Waals surface area contributed by atoms with Gasteiger partial charge in [0.05, 0.1) is 5.92 Å². The zero-order chi connectivity index (χ0) is 12.8. The summed E-state index contributed by atoms with van der Waals surface area (Å²) in [6.45, 7) is 5.73. The van der Waals surface area contributed by atoms with Crippen LogP contribution >= 0.6 is 0 Å². The van der Waals surface area contributed by atoms with Crippen molar-refractivity contribution >= 4 is 5.97 Å². The fourth-order valence-corrected chi connectivity index (χ4v) is 2.02. The van der Waals surface area contributed by atoms with Gasteiger partial charge < -0.3 is 10.0 Å². The van der Waals surface area contributed by atoms with Crippen LogP contribution in [0.1, 0.15) is 25.3 Å².